The van der Waals surface area contributed by atoms with E-state index in [0.717, 1.165) is 29.8 Å². The molecule has 0 spiro atoms. The second kappa shape index (κ2) is 3.96. The third-order valence-electron chi connectivity index (χ3n) is 3.78. The molecule has 3 aromatic heterocycles. The van der Waals surface area contributed by atoms with Crippen LogP contribution in [0.4, 0.5) is 17.3 Å². The lowest BCUT2D eigenvalue weighted by atomic mass is 10.3. The molecule has 0 aromatic carbocycles. The topological polar surface area (TPSA) is 98.4 Å². The van der Waals surface area contributed by atoms with Gasteiger partial charge in [0.2, 0.25) is 0 Å². The molecule has 20 heavy (non-hydrogen) atoms. The number of anilines is 3. The van der Waals surface area contributed by atoms with E-state index in [-0.39, 0.29) is 0 Å². The number of nitrogens with zero attached hydrogens (tertiary/aromatic N) is 5. The van der Waals surface area contributed by atoms with Gasteiger partial charge in [-0.1, -0.05) is 0 Å². The minimum Gasteiger partial charge on any atom is -0.384 e. The molecule has 102 valence electrons. The van der Waals surface area contributed by atoms with Gasteiger partial charge in [-0.15, -0.1) is 0 Å². The van der Waals surface area contributed by atoms with Gasteiger partial charge in [-0.3, -0.25) is 4.40 Å². The largest absolute Gasteiger partial charge is 0.384 e. The van der Waals surface area contributed by atoms with Gasteiger partial charge in [0, 0.05) is 19.2 Å². The fourth-order valence-corrected chi connectivity index (χ4v) is 2.84. The van der Waals surface area contributed by atoms with E-state index in [1.54, 1.807) is 12.5 Å². The van der Waals surface area contributed by atoms with Crippen molar-refractivity contribution in [3.8, 4) is 0 Å². The Balaban J connectivity index is 2.10. The van der Waals surface area contributed by atoms with E-state index in [1.165, 1.54) is 12.8 Å². The average Bonchev–Trinajstić information content (AvgIpc) is 3.10. The van der Waals surface area contributed by atoms with Crippen LogP contribution >= 0.6 is 0 Å². The second-order valence-electron chi connectivity index (χ2n) is 5.08. The summed E-state index contributed by atoms with van der Waals surface area (Å²) >= 11 is 0. The molecule has 3 aromatic rings. The number of hydrogen-bond acceptors (Lipinski definition) is 6. The predicted octanol–water partition coefficient (Wildman–Crippen LogP) is 1.04. The lowest BCUT2D eigenvalue weighted by Crippen LogP contribution is -2.19. The number of nitrogens with two attached hydrogens (primary N) is 2. The molecule has 4 rings (SSSR count). The number of pyridine rings is 1. The Bertz CT molecular complexity index is 801. The first-order chi connectivity index (χ1) is 9.74. The van der Waals surface area contributed by atoms with Crippen LogP contribution in [0.3, 0.4) is 0 Å². The van der Waals surface area contributed by atoms with Crippen molar-refractivity contribution >= 4 is 34.0 Å². The number of rotatable bonds is 1. The Morgan fingerprint density at radius 2 is 1.90 bits per heavy atom. The summed E-state index contributed by atoms with van der Waals surface area (Å²) in [7, 11) is 0. The Morgan fingerprint density at radius 1 is 1.10 bits per heavy atom. The van der Waals surface area contributed by atoms with Gasteiger partial charge < -0.3 is 16.4 Å². The van der Waals surface area contributed by atoms with Crippen molar-refractivity contribution in [3.63, 3.8) is 0 Å². The summed E-state index contributed by atoms with van der Waals surface area (Å²) in [5.74, 6) is 0.947. The maximum absolute atomic E-state index is 6.02. The first kappa shape index (κ1) is 11.3. The monoisotopic (exact) mass is 269 g/mol. The molecule has 7 nitrogen and oxygen atoms in total. The fourth-order valence-electron chi connectivity index (χ4n) is 2.84. The maximum atomic E-state index is 6.02. The lowest BCUT2D eigenvalue weighted by Gasteiger charge is -2.19. The molecule has 7 heteroatoms. The summed E-state index contributed by atoms with van der Waals surface area (Å²) in [6.45, 7) is 2.03. The van der Waals surface area contributed by atoms with Gasteiger partial charge in [-0.25, -0.2) is 15.0 Å². The maximum Gasteiger partial charge on any atom is 0.169 e. The average molecular weight is 269 g/mol. The Hall–Kier alpha value is -2.57. The second-order valence-corrected chi connectivity index (χ2v) is 5.08. The first-order valence-corrected chi connectivity index (χ1v) is 6.67. The minimum atomic E-state index is 0.460. The van der Waals surface area contributed by atoms with Crippen LogP contribution in [0, 0.1) is 0 Å². The van der Waals surface area contributed by atoms with E-state index in [1.807, 2.05) is 10.5 Å². The predicted molar refractivity (Wildman–Crippen MR) is 78.6 cm³/mol. The summed E-state index contributed by atoms with van der Waals surface area (Å²) in [6, 6.07) is 1.88. The molecular formula is C13H15N7. The zero-order chi connectivity index (χ0) is 13.7. The van der Waals surface area contributed by atoms with Crippen LogP contribution in [-0.2, 0) is 0 Å². The number of hydrogen-bond donors (Lipinski definition) is 2. The van der Waals surface area contributed by atoms with E-state index in [9.17, 15) is 0 Å². The van der Waals surface area contributed by atoms with Crippen molar-refractivity contribution in [1.29, 1.82) is 0 Å². The summed E-state index contributed by atoms with van der Waals surface area (Å²) in [6.07, 6.45) is 5.75. The molecule has 0 atom stereocenters. The molecule has 1 aliphatic heterocycles. The number of aromatic nitrogens is 4. The van der Waals surface area contributed by atoms with Crippen LogP contribution < -0.4 is 16.4 Å². The Labute approximate surface area is 115 Å². The normalized spacial score (nSPS) is 15.5. The van der Waals surface area contributed by atoms with Crippen LogP contribution in [0.25, 0.3) is 16.7 Å². The fraction of sp³-hybridized carbons (Fsp3) is 0.308. The van der Waals surface area contributed by atoms with Crippen molar-refractivity contribution < 1.29 is 0 Å². The number of nitrogen functional groups attached to an aromatic ring is 2. The van der Waals surface area contributed by atoms with E-state index < -0.39 is 0 Å². The van der Waals surface area contributed by atoms with Crippen LogP contribution in [0.15, 0.2) is 18.6 Å². The van der Waals surface area contributed by atoms with Gasteiger partial charge in [0.1, 0.15) is 29.0 Å². The van der Waals surface area contributed by atoms with Gasteiger partial charge in [-0.2, -0.15) is 0 Å². The van der Waals surface area contributed by atoms with Crippen LogP contribution in [0.2, 0.25) is 0 Å². The molecule has 0 unspecified atom stereocenters. The standard InChI is InChI=1S/C13H15N7/c14-10-5-8(19-3-1-2-4-19)11-13(17-10)20-7-16-6-9(20)12(15)18-11/h5-7H,1-4H2,(H2,14,17)(H2,15,18). The minimum absolute atomic E-state index is 0.460. The lowest BCUT2D eigenvalue weighted by molar-refractivity contribution is 0.949. The third kappa shape index (κ3) is 1.49. The highest BCUT2D eigenvalue weighted by Gasteiger charge is 2.19. The van der Waals surface area contributed by atoms with Crippen molar-refractivity contribution in [2.75, 3.05) is 29.5 Å². The smallest absolute Gasteiger partial charge is 0.169 e. The Kier molecular flexibility index (Phi) is 2.23. The molecule has 0 amide bonds. The summed E-state index contributed by atoms with van der Waals surface area (Å²) in [5, 5.41) is 0. The van der Waals surface area contributed by atoms with Crippen molar-refractivity contribution in [3.05, 3.63) is 18.6 Å². The highest BCUT2D eigenvalue weighted by Crippen LogP contribution is 2.30. The SMILES string of the molecule is Nc1cc(N2CCCC2)c2nc(N)c3cncn3c2n1. The zero-order valence-electron chi connectivity index (χ0n) is 11.0. The molecule has 4 heterocycles. The van der Waals surface area contributed by atoms with Crippen molar-refractivity contribution in [1.82, 2.24) is 19.4 Å². The molecule has 1 aliphatic rings. The van der Waals surface area contributed by atoms with E-state index in [0.29, 0.717) is 17.3 Å². The highest BCUT2D eigenvalue weighted by molar-refractivity contribution is 5.92. The van der Waals surface area contributed by atoms with Gasteiger partial charge in [0.25, 0.3) is 0 Å². The molecule has 1 fully saturated rings. The molecule has 0 saturated carbocycles. The first-order valence-electron chi connectivity index (χ1n) is 6.67. The van der Waals surface area contributed by atoms with E-state index >= 15 is 0 Å². The van der Waals surface area contributed by atoms with Crippen molar-refractivity contribution in [2.24, 2.45) is 0 Å². The summed E-state index contributed by atoms with van der Waals surface area (Å²) in [4.78, 5) is 15.3. The Morgan fingerprint density at radius 3 is 2.70 bits per heavy atom. The number of fused-ring (bicyclic) bond motifs is 3. The molecule has 1 saturated heterocycles. The molecule has 0 aliphatic carbocycles. The third-order valence-corrected chi connectivity index (χ3v) is 3.78. The zero-order valence-corrected chi connectivity index (χ0v) is 11.0. The molecule has 0 radical (unpaired) electrons. The van der Waals surface area contributed by atoms with Crippen LogP contribution in [-0.4, -0.2) is 32.4 Å². The van der Waals surface area contributed by atoms with Gasteiger partial charge in [0.15, 0.2) is 5.65 Å². The van der Waals surface area contributed by atoms with Gasteiger partial charge in [0.05, 0.1) is 11.9 Å². The summed E-state index contributed by atoms with van der Waals surface area (Å²) in [5.41, 5.74) is 15.2. The molecule has 4 N–H and O–H groups in total. The van der Waals surface area contributed by atoms with Crippen molar-refractivity contribution in [2.45, 2.75) is 12.8 Å². The molecular weight excluding hydrogens is 254 g/mol. The molecule has 0 bridgehead atoms. The van der Waals surface area contributed by atoms with E-state index in [4.69, 9.17) is 11.5 Å². The summed E-state index contributed by atoms with van der Waals surface area (Å²) < 4.78 is 1.84. The van der Waals surface area contributed by atoms with E-state index in [2.05, 4.69) is 19.9 Å². The van der Waals surface area contributed by atoms with Gasteiger partial charge in [-0.05, 0) is 12.8 Å². The van der Waals surface area contributed by atoms with Gasteiger partial charge >= 0.3 is 0 Å². The quantitative estimate of drug-likeness (QED) is 0.685. The van der Waals surface area contributed by atoms with Crippen LogP contribution in [0.5, 0.6) is 0 Å². The highest BCUT2D eigenvalue weighted by atomic mass is 15.2. The van der Waals surface area contributed by atoms with Crippen LogP contribution in [0.1, 0.15) is 12.8 Å². The number of imidazole rings is 1.